The van der Waals surface area contributed by atoms with Gasteiger partial charge in [0.2, 0.25) is 0 Å². The highest BCUT2D eigenvalue weighted by Gasteiger charge is 2.24. The Balaban J connectivity index is 0.000000287. The molecule has 1 N–H and O–H groups in total. The molecule has 0 aromatic heterocycles. The van der Waals surface area contributed by atoms with Crippen molar-refractivity contribution in [3.8, 4) is 5.75 Å². The van der Waals surface area contributed by atoms with E-state index in [0.29, 0.717) is 5.75 Å². The average Bonchev–Trinajstić information content (AvgIpc) is 2.37. The van der Waals surface area contributed by atoms with Crippen LogP contribution in [0.3, 0.4) is 0 Å². The van der Waals surface area contributed by atoms with E-state index in [-0.39, 0.29) is 10.8 Å². The molecular formula is C21H30O. The van der Waals surface area contributed by atoms with Crippen molar-refractivity contribution in [3.05, 3.63) is 65.2 Å². The first-order chi connectivity index (χ1) is 10.0. The van der Waals surface area contributed by atoms with Crippen molar-refractivity contribution >= 4 is 0 Å². The van der Waals surface area contributed by atoms with Crippen LogP contribution in [0.15, 0.2) is 48.5 Å². The lowest BCUT2D eigenvalue weighted by molar-refractivity contribution is 0.423. The topological polar surface area (TPSA) is 20.2 Å². The third kappa shape index (κ3) is 5.22. The number of aryl methyl sites for hydroxylation is 1. The Hall–Kier alpha value is -1.76. The fourth-order valence-corrected chi connectivity index (χ4v) is 2.29. The summed E-state index contributed by atoms with van der Waals surface area (Å²) in [6.45, 7) is 14.8. The van der Waals surface area contributed by atoms with Gasteiger partial charge in [0.25, 0.3) is 0 Å². The minimum atomic E-state index is -0.00859. The lowest BCUT2D eigenvalue weighted by atomic mass is 9.80. The number of phenols is 1. The van der Waals surface area contributed by atoms with Gasteiger partial charge >= 0.3 is 0 Å². The number of rotatable bonds is 0. The lowest BCUT2D eigenvalue weighted by Gasteiger charge is -2.26. The summed E-state index contributed by atoms with van der Waals surface area (Å²) < 4.78 is 0. The Labute approximate surface area is 136 Å². The second kappa shape index (κ2) is 7.00. The molecule has 0 unspecified atom stereocenters. The highest BCUT2D eigenvalue weighted by molar-refractivity contribution is 5.46. The van der Waals surface area contributed by atoms with Gasteiger partial charge in [0.15, 0.2) is 0 Å². The molecule has 2 aromatic carbocycles. The molecule has 0 aliphatic heterocycles. The predicted octanol–water partition coefficient (Wildman–Crippen LogP) is 5.98. The second-order valence-electron chi connectivity index (χ2n) is 7.86. The van der Waals surface area contributed by atoms with Gasteiger partial charge in [0.1, 0.15) is 5.75 Å². The first-order valence-corrected chi connectivity index (χ1v) is 7.88. The van der Waals surface area contributed by atoms with Gasteiger partial charge in [-0.25, -0.2) is 0 Å². The molecule has 0 heterocycles. The van der Waals surface area contributed by atoms with E-state index in [0.717, 1.165) is 11.1 Å². The monoisotopic (exact) mass is 298 g/mol. The Morgan fingerprint density at radius 1 is 0.636 bits per heavy atom. The van der Waals surface area contributed by atoms with E-state index in [9.17, 15) is 5.11 Å². The SMILES string of the molecule is CC(C)(C)c1cccc(C(C)(C)C)c1O.Cc1ccccc1. The summed E-state index contributed by atoms with van der Waals surface area (Å²) in [6.07, 6.45) is 0. The number of para-hydroxylation sites is 1. The van der Waals surface area contributed by atoms with Gasteiger partial charge in [0.05, 0.1) is 0 Å². The standard InChI is InChI=1S/C14H22O.C7H8/c1-13(2,3)10-8-7-9-11(12(10)15)14(4,5)6;1-7-5-3-2-4-6-7/h7-9,15H,1-6H3;2-6H,1H3. The first-order valence-electron chi connectivity index (χ1n) is 7.88. The van der Waals surface area contributed by atoms with Crippen LogP contribution in [0, 0.1) is 6.92 Å². The molecule has 0 fully saturated rings. The van der Waals surface area contributed by atoms with Gasteiger partial charge in [0, 0.05) is 0 Å². The van der Waals surface area contributed by atoms with E-state index in [1.807, 2.05) is 36.4 Å². The number of hydrogen-bond donors (Lipinski definition) is 1. The maximum Gasteiger partial charge on any atom is 0.123 e. The van der Waals surface area contributed by atoms with Crippen molar-refractivity contribution in [3.63, 3.8) is 0 Å². The Bertz CT molecular complexity index is 551. The van der Waals surface area contributed by atoms with Crippen LogP contribution in [0.4, 0.5) is 0 Å². The third-order valence-electron chi connectivity index (χ3n) is 3.59. The van der Waals surface area contributed by atoms with Crippen LogP contribution in [0.25, 0.3) is 0 Å². The maximum absolute atomic E-state index is 10.3. The summed E-state index contributed by atoms with van der Waals surface area (Å²) in [6, 6.07) is 16.3. The van der Waals surface area contributed by atoms with Crippen LogP contribution < -0.4 is 0 Å². The maximum atomic E-state index is 10.3. The van der Waals surface area contributed by atoms with Crippen LogP contribution >= 0.6 is 0 Å². The van der Waals surface area contributed by atoms with Gasteiger partial charge in [-0.3, -0.25) is 0 Å². The quantitative estimate of drug-likeness (QED) is 0.634. The molecule has 1 nitrogen and oxygen atoms in total. The van der Waals surface area contributed by atoms with Crippen molar-refractivity contribution < 1.29 is 5.11 Å². The van der Waals surface area contributed by atoms with Crippen molar-refractivity contribution in [2.75, 3.05) is 0 Å². The fourth-order valence-electron chi connectivity index (χ4n) is 2.29. The number of benzene rings is 2. The summed E-state index contributed by atoms with van der Waals surface area (Å²) >= 11 is 0. The molecule has 2 aromatic rings. The molecule has 22 heavy (non-hydrogen) atoms. The molecule has 0 aliphatic rings. The van der Waals surface area contributed by atoms with Crippen molar-refractivity contribution in [2.45, 2.75) is 59.3 Å². The molecule has 0 amide bonds. The zero-order valence-corrected chi connectivity index (χ0v) is 15.1. The summed E-state index contributed by atoms with van der Waals surface area (Å²) in [5, 5.41) is 10.3. The summed E-state index contributed by atoms with van der Waals surface area (Å²) in [4.78, 5) is 0. The van der Waals surface area contributed by atoms with Crippen LogP contribution in [0.2, 0.25) is 0 Å². The van der Waals surface area contributed by atoms with Gasteiger partial charge in [-0.05, 0) is 28.9 Å². The highest BCUT2D eigenvalue weighted by Crippen LogP contribution is 2.38. The van der Waals surface area contributed by atoms with E-state index >= 15 is 0 Å². The zero-order chi connectivity index (χ0) is 17.0. The molecule has 0 saturated heterocycles. The smallest absolute Gasteiger partial charge is 0.123 e. The van der Waals surface area contributed by atoms with Crippen LogP contribution in [0.5, 0.6) is 5.75 Å². The van der Waals surface area contributed by atoms with Gasteiger partial charge in [-0.15, -0.1) is 0 Å². The van der Waals surface area contributed by atoms with Gasteiger partial charge in [-0.2, -0.15) is 0 Å². The van der Waals surface area contributed by atoms with Gasteiger partial charge < -0.3 is 5.11 Å². The number of aromatic hydroxyl groups is 1. The van der Waals surface area contributed by atoms with Crippen LogP contribution in [-0.4, -0.2) is 5.11 Å². The molecule has 2 rings (SSSR count). The Morgan fingerprint density at radius 3 is 1.32 bits per heavy atom. The highest BCUT2D eigenvalue weighted by atomic mass is 16.3. The molecule has 0 radical (unpaired) electrons. The van der Waals surface area contributed by atoms with E-state index in [4.69, 9.17) is 0 Å². The van der Waals surface area contributed by atoms with Crippen LogP contribution in [-0.2, 0) is 10.8 Å². The van der Waals surface area contributed by atoms with Crippen molar-refractivity contribution in [1.82, 2.24) is 0 Å². The predicted molar refractivity (Wildman–Crippen MR) is 96.7 cm³/mol. The van der Waals surface area contributed by atoms with Crippen LogP contribution in [0.1, 0.15) is 58.2 Å². The second-order valence-corrected chi connectivity index (χ2v) is 7.86. The fraction of sp³-hybridized carbons (Fsp3) is 0.429. The molecule has 0 aliphatic carbocycles. The third-order valence-corrected chi connectivity index (χ3v) is 3.59. The first kappa shape index (κ1) is 18.3. The molecule has 0 atom stereocenters. The van der Waals surface area contributed by atoms with E-state index in [2.05, 4.69) is 60.6 Å². The Kier molecular flexibility index (Phi) is 5.82. The molecule has 0 spiro atoms. The average molecular weight is 298 g/mol. The lowest BCUT2D eigenvalue weighted by Crippen LogP contribution is -2.16. The zero-order valence-electron chi connectivity index (χ0n) is 15.1. The van der Waals surface area contributed by atoms with E-state index < -0.39 is 0 Å². The molecule has 120 valence electrons. The Morgan fingerprint density at radius 2 is 1.05 bits per heavy atom. The van der Waals surface area contributed by atoms with Crippen molar-refractivity contribution in [2.24, 2.45) is 0 Å². The number of hydrogen-bond acceptors (Lipinski definition) is 1. The minimum Gasteiger partial charge on any atom is -0.507 e. The largest absolute Gasteiger partial charge is 0.507 e. The van der Waals surface area contributed by atoms with Crippen molar-refractivity contribution in [1.29, 1.82) is 0 Å². The van der Waals surface area contributed by atoms with Gasteiger partial charge in [-0.1, -0.05) is 95.6 Å². The molecular weight excluding hydrogens is 268 g/mol. The molecule has 0 saturated carbocycles. The summed E-state index contributed by atoms with van der Waals surface area (Å²) in [5.74, 6) is 0.456. The van der Waals surface area contributed by atoms with E-state index in [1.165, 1.54) is 5.56 Å². The minimum absolute atomic E-state index is 0.00859. The summed E-state index contributed by atoms with van der Waals surface area (Å²) in [5.41, 5.74) is 3.35. The summed E-state index contributed by atoms with van der Waals surface area (Å²) in [7, 11) is 0. The molecule has 1 heteroatoms. The number of phenolic OH excluding ortho intramolecular Hbond substituents is 1. The van der Waals surface area contributed by atoms with E-state index in [1.54, 1.807) is 0 Å². The molecule has 0 bridgehead atoms. The normalized spacial score (nSPS) is 11.6.